The molecule has 5 heteroatoms. The largest absolute Gasteiger partial charge is 0.393 e. The van der Waals surface area contributed by atoms with Gasteiger partial charge in [0.15, 0.2) is 0 Å². The molecule has 0 saturated carbocycles. The number of carbonyl (C=O) groups is 1. The molecule has 1 saturated heterocycles. The molecule has 1 rings (SSSR count). The summed E-state index contributed by atoms with van der Waals surface area (Å²) in [5.74, 6) is 0.180. The maximum atomic E-state index is 11.9. The zero-order valence-electron chi connectivity index (χ0n) is 10.5. The van der Waals surface area contributed by atoms with Gasteiger partial charge >= 0.3 is 0 Å². The first-order valence-electron chi connectivity index (χ1n) is 6.31. The third-order valence-corrected chi connectivity index (χ3v) is 3.10. The molecule has 0 aliphatic carbocycles. The van der Waals surface area contributed by atoms with Crippen LogP contribution in [-0.2, 0) is 9.53 Å². The first kappa shape index (κ1) is 14.4. The average Bonchev–Trinajstić information content (AvgIpc) is 2.76. The molecule has 0 radical (unpaired) electrons. The summed E-state index contributed by atoms with van der Waals surface area (Å²) in [4.78, 5) is 14.2. The Labute approximate surface area is 108 Å². The molecule has 98 valence electrons. The van der Waals surface area contributed by atoms with E-state index in [0.717, 1.165) is 25.9 Å². The van der Waals surface area contributed by atoms with E-state index in [-0.39, 0.29) is 12.0 Å². The highest BCUT2D eigenvalue weighted by atomic mass is 32.1. The molecule has 0 aromatic heterocycles. The second-order valence-electron chi connectivity index (χ2n) is 4.44. The molecule has 1 amide bonds. The normalized spacial score (nSPS) is 19.2. The van der Waals surface area contributed by atoms with E-state index < -0.39 is 0 Å². The van der Waals surface area contributed by atoms with Crippen molar-refractivity contribution >= 4 is 23.1 Å². The van der Waals surface area contributed by atoms with Crippen molar-refractivity contribution in [3.8, 4) is 0 Å². The van der Waals surface area contributed by atoms with Crippen LogP contribution in [0.5, 0.6) is 0 Å². The van der Waals surface area contributed by atoms with Gasteiger partial charge in [0.1, 0.15) is 0 Å². The van der Waals surface area contributed by atoms with E-state index in [4.69, 9.17) is 22.7 Å². The summed E-state index contributed by atoms with van der Waals surface area (Å²) < 4.78 is 5.56. The second-order valence-corrected chi connectivity index (χ2v) is 4.97. The van der Waals surface area contributed by atoms with E-state index in [0.29, 0.717) is 30.9 Å². The van der Waals surface area contributed by atoms with E-state index in [2.05, 4.69) is 0 Å². The quantitative estimate of drug-likeness (QED) is 0.703. The number of amides is 1. The van der Waals surface area contributed by atoms with Crippen molar-refractivity contribution in [1.82, 2.24) is 4.90 Å². The van der Waals surface area contributed by atoms with Crippen LogP contribution in [0.15, 0.2) is 0 Å². The molecule has 0 aromatic rings. The fraction of sp³-hybridized carbons (Fsp3) is 0.833. The van der Waals surface area contributed by atoms with Crippen LogP contribution in [0.4, 0.5) is 0 Å². The molecular formula is C12H22N2O2S. The standard InChI is InChI=1S/C12H22N2O2S/c1-2-4-12(15)14(7-6-11(13)17)9-10-5-3-8-16-10/h10H,2-9H2,1H3,(H2,13,17). The maximum Gasteiger partial charge on any atom is 0.222 e. The van der Waals surface area contributed by atoms with Crippen LogP contribution in [0, 0.1) is 0 Å². The smallest absolute Gasteiger partial charge is 0.222 e. The van der Waals surface area contributed by atoms with Gasteiger partial charge in [0.2, 0.25) is 5.91 Å². The molecule has 17 heavy (non-hydrogen) atoms. The van der Waals surface area contributed by atoms with Gasteiger partial charge in [0.05, 0.1) is 11.1 Å². The molecule has 1 heterocycles. The Bertz CT molecular complexity index is 265. The summed E-state index contributed by atoms with van der Waals surface area (Å²) in [7, 11) is 0. The summed E-state index contributed by atoms with van der Waals surface area (Å²) >= 11 is 4.86. The number of hydrogen-bond donors (Lipinski definition) is 1. The van der Waals surface area contributed by atoms with Gasteiger partial charge in [0, 0.05) is 32.5 Å². The SMILES string of the molecule is CCCC(=O)N(CCC(N)=S)CC1CCCO1. The lowest BCUT2D eigenvalue weighted by molar-refractivity contribution is -0.132. The van der Waals surface area contributed by atoms with Crippen molar-refractivity contribution < 1.29 is 9.53 Å². The summed E-state index contributed by atoms with van der Waals surface area (Å²) in [6.45, 7) is 4.13. The van der Waals surface area contributed by atoms with Crippen molar-refractivity contribution in [2.45, 2.75) is 45.1 Å². The molecule has 1 unspecified atom stereocenters. The van der Waals surface area contributed by atoms with Crippen LogP contribution in [0.25, 0.3) is 0 Å². The van der Waals surface area contributed by atoms with E-state index >= 15 is 0 Å². The molecular weight excluding hydrogens is 236 g/mol. The molecule has 1 aliphatic heterocycles. The Balaban J connectivity index is 2.44. The van der Waals surface area contributed by atoms with Crippen LogP contribution in [0.2, 0.25) is 0 Å². The third-order valence-electron chi connectivity index (χ3n) is 2.89. The zero-order chi connectivity index (χ0) is 12.7. The molecule has 2 N–H and O–H groups in total. The lowest BCUT2D eigenvalue weighted by Crippen LogP contribution is -2.39. The monoisotopic (exact) mass is 258 g/mol. The molecule has 0 aromatic carbocycles. The van der Waals surface area contributed by atoms with Crippen molar-refractivity contribution in [3.05, 3.63) is 0 Å². The van der Waals surface area contributed by atoms with Crippen LogP contribution < -0.4 is 5.73 Å². The van der Waals surface area contributed by atoms with Crippen LogP contribution >= 0.6 is 12.2 Å². The van der Waals surface area contributed by atoms with Crippen molar-refractivity contribution in [2.24, 2.45) is 5.73 Å². The average molecular weight is 258 g/mol. The minimum atomic E-state index is 0.180. The number of nitrogens with zero attached hydrogens (tertiary/aromatic N) is 1. The first-order chi connectivity index (χ1) is 8.13. The predicted molar refractivity (Wildman–Crippen MR) is 71.9 cm³/mol. The van der Waals surface area contributed by atoms with Gasteiger partial charge in [0.25, 0.3) is 0 Å². The van der Waals surface area contributed by atoms with Crippen LogP contribution in [0.1, 0.15) is 39.0 Å². The number of hydrogen-bond acceptors (Lipinski definition) is 3. The third kappa shape index (κ3) is 5.46. The first-order valence-corrected chi connectivity index (χ1v) is 6.72. The van der Waals surface area contributed by atoms with E-state index in [1.807, 2.05) is 11.8 Å². The van der Waals surface area contributed by atoms with Crippen molar-refractivity contribution in [3.63, 3.8) is 0 Å². The zero-order valence-corrected chi connectivity index (χ0v) is 11.3. The number of thiocarbonyl (C=S) groups is 1. The highest BCUT2D eigenvalue weighted by molar-refractivity contribution is 7.80. The van der Waals surface area contributed by atoms with E-state index in [1.54, 1.807) is 0 Å². The second kappa shape index (κ2) is 7.61. The molecule has 1 atom stereocenters. The van der Waals surface area contributed by atoms with Gasteiger partial charge in [-0.1, -0.05) is 19.1 Å². The maximum absolute atomic E-state index is 11.9. The summed E-state index contributed by atoms with van der Waals surface area (Å²) in [5, 5.41) is 0. The fourth-order valence-corrected chi connectivity index (χ4v) is 2.06. The number of rotatable bonds is 7. The fourth-order valence-electron chi connectivity index (χ4n) is 1.97. The van der Waals surface area contributed by atoms with Gasteiger partial charge in [-0.05, 0) is 19.3 Å². The van der Waals surface area contributed by atoms with Gasteiger partial charge < -0.3 is 15.4 Å². The molecule has 1 aliphatic rings. The number of nitrogens with two attached hydrogens (primary N) is 1. The summed E-state index contributed by atoms with van der Waals surface area (Å²) in [5.41, 5.74) is 5.49. The summed E-state index contributed by atoms with van der Waals surface area (Å²) in [6.07, 6.45) is 4.39. The Morgan fingerprint density at radius 2 is 2.29 bits per heavy atom. The molecule has 0 bridgehead atoms. The topological polar surface area (TPSA) is 55.6 Å². The Kier molecular flexibility index (Phi) is 6.44. The lowest BCUT2D eigenvalue weighted by atomic mass is 10.2. The number of ether oxygens (including phenoxy) is 1. The van der Waals surface area contributed by atoms with Crippen LogP contribution in [-0.4, -0.2) is 41.6 Å². The van der Waals surface area contributed by atoms with Crippen molar-refractivity contribution in [2.75, 3.05) is 19.7 Å². The van der Waals surface area contributed by atoms with Gasteiger partial charge in [-0.15, -0.1) is 0 Å². The highest BCUT2D eigenvalue weighted by Gasteiger charge is 2.21. The molecule has 1 fully saturated rings. The molecule has 0 spiro atoms. The van der Waals surface area contributed by atoms with E-state index in [1.165, 1.54) is 0 Å². The van der Waals surface area contributed by atoms with Gasteiger partial charge in [-0.25, -0.2) is 0 Å². The van der Waals surface area contributed by atoms with Crippen LogP contribution in [0.3, 0.4) is 0 Å². The van der Waals surface area contributed by atoms with Gasteiger partial charge in [-0.3, -0.25) is 4.79 Å². The Morgan fingerprint density at radius 3 is 2.82 bits per heavy atom. The number of carbonyl (C=O) groups excluding carboxylic acids is 1. The minimum absolute atomic E-state index is 0.180. The highest BCUT2D eigenvalue weighted by Crippen LogP contribution is 2.14. The predicted octanol–water partition coefficient (Wildman–Crippen LogP) is 1.47. The minimum Gasteiger partial charge on any atom is -0.393 e. The van der Waals surface area contributed by atoms with Crippen molar-refractivity contribution in [1.29, 1.82) is 0 Å². The van der Waals surface area contributed by atoms with E-state index in [9.17, 15) is 4.79 Å². The molecule has 4 nitrogen and oxygen atoms in total. The lowest BCUT2D eigenvalue weighted by Gasteiger charge is -2.25. The Hall–Kier alpha value is -0.680. The Morgan fingerprint density at radius 1 is 1.53 bits per heavy atom. The summed E-state index contributed by atoms with van der Waals surface area (Å²) in [6, 6.07) is 0. The van der Waals surface area contributed by atoms with Gasteiger partial charge in [-0.2, -0.15) is 0 Å².